The molecule has 0 aliphatic rings. The largest absolute Gasteiger partial charge is 0.481 e. The first-order valence-electron chi connectivity index (χ1n) is 6.47. The number of nitrogens with two attached hydrogens (primary N) is 1. The molecule has 3 amide bonds. The minimum Gasteiger partial charge on any atom is -0.481 e. The number of thiophene rings is 1. The fourth-order valence-electron chi connectivity index (χ4n) is 1.86. The molecule has 0 radical (unpaired) electrons. The van der Waals surface area contributed by atoms with Gasteiger partial charge in [0.15, 0.2) is 0 Å². The number of hydrogen-bond acceptors (Lipinski definition) is 5. The third-order valence-electron chi connectivity index (χ3n) is 2.82. The van der Waals surface area contributed by atoms with E-state index < -0.39 is 12.1 Å². The summed E-state index contributed by atoms with van der Waals surface area (Å²) in [5.74, 6) is 0.212. The van der Waals surface area contributed by atoms with Gasteiger partial charge in [-0.3, -0.25) is 4.79 Å². The maximum absolute atomic E-state index is 12.1. The minimum absolute atomic E-state index is 0.0789. The summed E-state index contributed by atoms with van der Waals surface area (Å²) in [7, 11) is 1.52. The second-order valence-corrected chi connectivity index (χ2v) is 5.40. The molecule has 2 rings (SSSR count). The van der Waals surface area contributed by atoms with Gasteiger partial charge in [-0.25, -0.2) is 9.78 Å². The number of nitrogens with zero attached hydrogens (tertiary/aromatic N) is 1. The van der Waals surface area contributed by atoms with Gasteiger partial charge in [-0.05, 0) is 17.5 Å². The molecule has 2 aromatic heterocycles. The fourth-order valence-corrected chi connectivity index (χ4v) is 2.63. The van der Waals surface area contributed by atoms with Crippen molar-refractivity contribution in [2.45, 2.75) is 12.5 Å². The van der Waals surface area contributed by atoms with Crippen LogP contribution in [0.4, 0.5) is 10.5 Å². The number of aromatic nitrogens is 1. The lowest BCUT2D eigenvalue weighted by molar-refractivity contribution is -0.116. The van der Waals surface area contributed by atoms with Gasteiger partial charge in [0.2, 0.25) is 11.8 Å². The molecule has 22 heavy (non-hydrogen) atoms. The first-order chi connectivity index (χ1) is 10.6. The monoisotopic (exact) mass is 320 g/mol. The number of primary amides is 1. The van der Waals surface area contributed by atoms with Crippen LogP contribution in [0.3, 0.4) is 0 Å². The number of carbonyl (C=O) groups excluding carboxylic acids is 2. The van der Waals surface area contributed by atoms with E-state index in [4.69, 9.17) is 10.5 Å². The Hall–Kier alpha value is -2.61. The molecule has 0 fully saturated rings. The van der Waals surface area contributed by atoms with Crippen LogP contribution in [0.5, 0.6) is 5.88 Å². The summed E-state index contributed by atoms with van der Waals surface area (Å²) in [6.45, 7) is 0. The normalized spacial score (nSPS) is 11.5. The van der Waals surface area contributed by atoms with Crippen molar-refractivity contribution in [2.24, 2.45) is 5.73 Å². The van der Waals surface area contributed by atoms with Gasteiger partial charge in [0.25, 0.3) is 0 Å². The molecular weight excluding hydrogens is 304 g/mol. The number of amides is 3. The molecule has 0 spiro atoms. The van der Waals surface area contributed by atoms with Gasteiger partial charge in [-0.15, -0.1) is 11.3 Å². The number of hydrogen-bond donors (Lipinski definition) is 3. The third-order valence-corrected chi connectivity index (χ3v) is 3.81. The summed E-state index contributed by atoms with van der Waals surface area (Å²) in [4.78, 5) is 28.0. The number of rotatable bonds is 6. The van der Waals surface area contributed by atoms with Gasteiger partial charge in [0.1, 0.15) is 0 Å². The Bertz CT molecular complexity index is 628. The van der Waals surface area contributed by atoms with Crippen molar-refractivity contribution in [2.75, 3.05) is 12.4 Å². The van der Waals surface area contributed by atoms with E-state index in [-0.39, 0.29) is 12.3 Å². The molecule has 0 unspecified atom stereocenters. The van der Waals surface area contributed by atoms with Crippen LogP contribution in [-0.4, -0.2) is 24.0 Å². The zero-order chi connectivity index (χ0) is 15.9. The van der Waals surface area contributed by atoms with Gasteiger partial charge in [-0.1, -0.05) is 6.07 Å². The molecule has 7 nitrogen and oxygen atoms in total. The predicted octanol–water partition coefficient (Wildman–Crippen LogP) is 1.89. The van der Waals surface area contributed by atoms with E-state index >= 15 is 0 Å². The Labute approximate surface area is 131 Å². The summed E-state index contributed by atoms with van der Waals surface area (Å²) < 4.78 is 4.95. The number of anilines is 1. The molecule has 0 aliphatic carbocycles. The highest BCUT2D eigenvalue weighted by atomic mass is 32.1. The van der Waals surface area contributed by atoms with Crippen molar-refractivity contribution in [3.05, 3.63) is 40.7 Å². The van der Waals surface area contributed by atoms with Crippen molar-refractivity contribution in [1.29, 1.82) is 0 Å². The van der Waals surface area contributed by atoms with Crippen LogP contribution in [0.25, 0.3) is 0 Å². The molecular formula is C14H16N4O3S. The number of methoxy groups -OCH3 is 1. The Morgan fingerprint density at radius 1 is 1.41 bits per heavy atom. The summed E-state index contributed by atoms with van der Waals surface area (Å²) in [5, 5.41) is 7.16. The number of urea groups is 1. The highest BCUT2D eigenvalue weighted by molar-refractivity contribution is 7.10. The van der Waals surface area contributed by atoms with E-state index in [0.717, 1.165) is 4.88 Å². The zero-order valence-electron chi connectivity index (χ0n) is 11.9. The maximum Gasteiger partial charge on any atom is 0.312 e. The number of carbonyl (C=O) groups is 2. The molecule has 2 heterocycles. The van der Waals surface area contributed by atoms with Gasteiger partial charge in [-0.2, -0.15) is 0 Å². The highest BCUT2D eigenvalue weighted by Crippen LogP contribution is 2.22. The van der Waals surface area contributed by atoms with Gasteiger partial charge >= 0.3 is 6.03 Å². The van der Waals surface area contributed by atoms with E-state index in [1.807, 2.05) is 17.5 Å². The molecule has 0 bridgehead atoms. The second kappa shape index (κ2) is 7.41. The Kier molecular flexibility index (Phi) is 5.31. The van der Waals surface area contributed by atoms with Gasteiger partial charge < -0.3 is 21.1 Å². The second-order valence-electron chi connectivity index (χ2n) is 4.42. The molecule has 0 aromatic carbocycles. The molecule has 0 saturated carbocycles. The lowest BCUT2D eigenvalue weighted by Crippen LogP contribution is -2.34. The lowest BCUT2D eigenvalue weighted by Gasteiger charge is -2.15. The smallest absolute Gasteiger partial charge is 0.312 e. The molecule has 1 atom stereocenters. The quantitative estimate of drug-likeness (QED) is 0.755. The SMILES string of the molecule is COc1ccc(NC(=O)C[C@@H](NC(N)=O)c2cccs2)cn1. The number of pyridine rings is 1. The van der Waals surface area contributed by atoms with Crippen molar-refractivity contribution in [3.8, 4) is 5.88 Å². The van der Waals surface area contributed by atoms with Crippen LogP contribution in [0.15, 0.2) is 35.8 Å². The number of nitrogens with one attached hydrogen (secondary N) is 2. The van der Waals surface area contributed by atoms with Gasteiger partial charge in [0.05, 0.1) is 31.5 Å². The summed E-state index contributed by atoms with van der Waals surface area (Å²) in [6, 6.07) is 5.90. The van der Waals surface area contributed by atoms with Crippen molar-refractivity contribution < 1.29 is 14.3 Å². The zero-order valence-corrected chi connectivity index (χ0v) is 12.7. The van der Waals surface area contributed by atoms with Crippen LogP contribution in [0.1, 0.15) is 17.3 Å². The van der Waals surface area contributed by atoms with Crippen LogP contribution in [0.2, 0.25) is 0 Å². The summed E-state index contributed by atoms with van der Waals surface area (Å²) >= 11 is 1.45. The van der Waals surface area contributed by atoms with E-state index in [1.165, 1.54) is 24.6 Å². The summed E-state index contributed by atoms with van der Waals surface area (Å²) in [5.41, 5.74) is 5.71. The van der Waals surface area contributed by atoms with E-state index in [2.05, 4.69) is 15.6 Å². The predicted molar refractivity (Wildman–Crippen MR) is 83.8 cm³/mol. The van der Waals surface area contributed by atoms with Crippen LogP contribution >= 0.6 is 11.3 Å². The van der Waals surface area contributed by atoms with Crippen LogP contribution < -0.4 is 21.1 Å². The van der Waals surface area contributed by atoms with Crippen LogP contribution in [-0.2, 0) is 4.79 Å². The Balaban J connectivity index is 1.99. The molecule has 8 heteroatoms. The molecule has 4 N–H and O–H groups in total. The van der Waals surface area contributed by atoms with E-state index in [1.54, 1.807) is 12.1 Å². The van der Waals surface area contributed by atoms with E-state index in [0.29, 0.717) is 11.6 Å². The molecule has 116 valence electrons. The standard InChI is InChI=1S/C14H16N4O3S/c1-21-13-5-4-9(8-16-13)17-12(19)7-10(18-14(15)20)11-3-2-6-22-11/h2-6,8,10H,7H2,1H3,(H,17,19)(H3,15,18,20)/t10-/m1/s1. The number of ether oxygens (including phenoxy) is 1. The Morgan fingerprint density at radius 2 is 2.23 bits per heavy atom. The van der Waals surface area contributed by atoms with Crippen molar-refractivity contribution >= 4 is 29.0 Å². The summed E-state index contributed by atoms with van der Waals surface area (Å²) in [6.07, 6.45) is 1.58. The average Bonchev–Trinajstić information content (AvgIpc) is 3.01. The first kappa shape index (κ1) is 15.8. The molecule has 0 aliphatic heterocycles. The highest BCUT2D eigenvalue weighted by Gasteiger charge is 2.18. The third kappa shape index (κ3) is 4.45. The maximum atomic E-state index is 12.1. The first-order valence-corrected chi connectivity index (χ1v) is 7.35. The van der Waals surface area contributed by atoms with Gasteiger partial charge in [0, 0.05) is 10.9 Å². The Morgan fingerprint density at radius 3 is 2.77 bits per heavy atom. The molecule has 0 saturated heterocycles. The fraction of sp³-hybridized carbons (Fsp3) is 0.214. The average molecular weight is 320 g/mol. The lowest BCUT2D eigenvalue weighted by atomic mass is 10.1. The van der Waals surface area contributed by atoms with Crippen molar-refractivity contribution in [3.63, 3.8) is 0 Å². The molecule has 2 aromatic rings. The minimum atomic E-state index is -0.669. The van der Waals surface area contributed by atoms with Crippen LogP contribution in [0, 0.1) is 0 Å². The van der Waals surface area contributed by atoms with E-state index in [9.17, 15) is 9.59 Å². The van der Waals surface area contributed by atoms with Crippen molar-refractivity contribution in [1.82, 2.24) is 10.3 Å². The topological polar surface area (TPSA) is 106 Å².